The SMILES string of the molecule is COc1ccc2c(c1)c(NC(=O)OC(C)(C)C)cn2C(=O)OC(C)(C)C. The first-order chi connectivity index (χ1) is 11.9. The number of hydrogen-bond donors (Lipinski definition) is 1. The van der Waals surface area contributed by atoms with Gasteiger partial charge >= 0.3 is 12.2 Å². The van der Waals surface area contributed by atoms with E-state index in [1.807, 2.05) is 0 Å². The third kappa shape index (κ3) is 4.91. The highest BCUT2D eigenvalue weighted by atomic mass is 16.6. The van der Waals surface area contributed by atoms with E-state index < -0.39 is 23.4 Å². The molecular formula is C19H26N2O5. The molecule has 0 aliphatic carbocycles. The van der Waals surface area contributed by atoms with Gasteiger partial charge in [0.1, 0.15) is 17.0 Å². The number of carbonyl (C=O) groups is 2. The monoisotopic (exact) mass is 362 g/mol. The molecule has 0 atom stereocenters. The van der Waals surface area contributed by atoms with Crippen molar-refractivity contribution >= 4 is 28.8 Å². The van der Waals surface area contributed by atoms with Gasteiger partial charge in [0.05, 0.1) is 18.3 Å². The highest BCUT2D eigenvalue weighted by molar-refractivity contribution is 6.03. The van der Waals surface area contributed by atoms with Crippen molar-refractivity contribution in [1.29, 1.82) is 0 Å². The largest absolute Gasteiger partial charge is 0.497 e. The number of carbonyl (C=O) groups excluding carboxylic acids is 2. The molecule has 0 spiro atoms. The smallest absolute Gasteiger partial charge is 0.419 e. The minimum atomic E-state index is -0.640. The Morgan fingerprint density at radius 1 is 1.00 bits per heavy atom. The van der Waals surface area contributed by atoms with E-state index in [2.05, 4.69) is 5.32 Å². The van der Waals surface area contributed by atoms with Crippen LogP contribution in [0.5, 0.6) is 5.75 Å². The number of amides is 1. The van der Waals surface area contributed by atoms with Crippen LogP contribution in [-0.4, -0.2) is 35.1 Å². The van der Waals surface area contributed by atoms with Crippen molar-refractivity contribution in [3.8, 4) is 5.75 Å². The number of fused-ring (bicyclic) bond motifs is 1. The molecule has 0 aliphatic rings. The molecule has 1 aromatic carbocycles. The number of methoxy groups -OCH3 is 1. The molecule has 7 heteroatoms. The molecule has 7 nitrogen and oxygen atoms in total. The maximum atomic E-state index is 12.5. The van der Waals surface area contributed by atoms with Gasteiger partial charge in [-0.2, -0.15) is 0 Å². The van der Waals surface area contributed by atoms with Crippen LogP contribution in [0.1, 0.15) is 41.5 Å². The zero-order valence-electron chi connectivity index (χ0n) is 16.3. The molecule has 0 unspecified atom stereocenters. The summed E-state index contributed by atoms with van der Waals surface area (Å²) in [7, 11) is 1.55. The number of anilines is 1. The highest BCUT2D eigenvalue weighted by Crippen LogP contribution is 2.30. The zero-order chi connectivity index (χ0) is 19.7. The Bertz CT molecular complexity index is 825. The lowest BCUT2D eigenvalue weighted by atomic mass is 10.2. The summed E-state index contributed by atoms with van der Waals surface area (Å²) in [5.41, 5.74) is -0.255. The average molecular weight is 362 g/mol. The minimum Gasteiger partial charge on any atom is -0.497 e. The van der Waals surface area contributed by atoms with E-state index in [-0.39, 0.29) is 0 Å². The fourth-order valence-electron chi connectivity index (χ4n) is 2.31. The normalized spacial score (nSPS) is 12.0. The van der Waals surface area contributed by atoms with Gasteiger partial charge in [0.25, 0.3) is 0 Å². The summed E-state index contributed by atoms with van der Waals surface area (Å²) < 4.78 is 17.3. The van der Waals surface area contributed by atoms with Crippen molar-refractivity contribution in [3.63, 3.8) is 0 Å². The number of nitrogens with one attached hydrogen (secondary N) is 1. The second-order valence-electron chi connectivity index (χ2n) is 7.90. The van der Waals surface area contributed by atoms with E-state index in [4.69, 9.17) is 14.2 Å². The molecule has 0 saturated carbocycles. The maximum absolute atomic E-state index is 12.5. The fraction of sp³-hybridized carbons (Fsp3) is 0.474. The Hall–Kier alpha value is -2.70. The summed E-state index contributed by atoms with van der Waals surface area (Å²) in [6.07, 6.45) is 0.371. The van der Waals surface area contributed by atoms with Gasteiger partial charge in [0, 0.05) is 11.6 Å². The molecule has 0 bridgehead atoms. The Labute approximate surface area is 153 Å². The lowest BCUT2D eigenvalue weighted by Gasteiger charge is -2.20. The number of rotatable bonds is 2. The third-order valence-corrected chi connectivity index (χ3v) is 3.24. The number of hydrogen-bond acceptors (Lipinski definition) is 5. The van der Waals surface area contributed by atoms with E-state index in [0.717, 1.165) is 0 Å². The first-order valence-corrected chi connectivity index (χ1v) is 8.32. The topological polar surface area (TPSA) is 78.8 Å². The summed E-state index contributed by atoms with van der Waals surface area (Å²) >= 11 is 0. The minimum absolute atomic E-state index is 0.430. The van der Waals surface area contributed by atoms with Gasteiger partial charge in [-0.15, -0.1) is 0 Å². The predicted octanol–water partition coefficient (Wildman–Crippen LogP) is 4.78. The molecule has 1 aromatic heterocycles. The van der Waals surface area contributed by atoms with Gasteiger partial charge in [-0.1, -0.05) is 0 Å². The van der Waals surface area contributed by atoms with Gasteiger partial charge in [-0.3, -0.25) is 9.88 Å². The molecule has 26 heavy (non-hydrogen) atoms. The Morgan fingerprint density at radius 3 is 2.15 bits per heavy atom. The fourth-order valence-corrected chi connectivity index (χ4v) is 2.31. The molecule has 0 radical (unpaired) electrons. The summed E-state index contributed by atoms with van der Waals surface area (Å²) in [6.45, 7) is 10.7. The third-order valence-electron chi connectivity index (χ3n) is 3.24. The lowest BCUT2D eigenvalue weighted by Crippen LogP contribution is -2.27. The summed E-state index contributed by atoms with van der Waals surface area (Å²) in [4.78, 5) is 24.7. The quantitative estimate of drug-likeness (QED) is 0.832. The van der Waals surface area contributed by atoms with Crippen molar-refractivity contribution < 1.29 is 23.8 Å². The number of benzene rings is 1. The van der Waals surface area contributed by atoms with Gasteiger partial charge < -0.3 is 14.2 Å². The molecule has 1 amide bonds. The molecule has 1 N–H and O–H groups in total. The number of ether oxygens (including phenoxy) is 3. The average Bonchev–Trinajstić information content (AvgIpc) is 2.81. The molecule has 2 aromatic rings. The van der Waals surface area contributed by atoms with Crippen LogP contribution in [0.25, 0.3) is 10.9 Å². The second-order valence-corrected chi connectivity index (χ2v) is 7.90. The van der Waals surface area contributed by atoms with Crippen LogP contribution in [0.2, 0.25) is 0 Å². The van der Waals surface area contributed by atoms with Gasteiger partial charge in [-0.25, -0.2) is 9.59 Å². The summed E-state index contributed by atoms with van der Waals surface area (Å²) in [6, 6.07) is 5.21. The highest BCUT2D eigenvalue weighted by Gasteiger charge is 2.23. The molecular weight excluding hydrogens is 336 g/mol. The van der Waals surface area contributed by atoms with Crippen LogP contribution in [0, 0.1) is 0 Å². The number of nitrogens with zero attached hydrogens (tertiary/aromatic N) is 1. The van der Waals surface area contributed by atoms with Crippen LogP contribution >= 0.6 is 0 Å². The van der Waals surface area contributed by atoms with E-state index in [1.54, 1.807) is 66.9 Å². The summed E-state index contributed by atoms with van der Waals surface area (Å²) in [5.74, 6) is 0.603. The molecule has 1 heterocycles. The second kappa shape index (κ2) is 6.90. The molecule has 2 rings (SSSR count). The van der Waals surface area contributed by atoms with Gasteiger partial charge in [0.2, 0.25) is 0 Å². The van der Waals surface area contributed by atoms with Gasteiger partial charge in [-0.05, 0) is 59.7 Å². The molecule has 0 fully saturated rings. The van der Waals surface area contributed by atoms with Crippen LogP contribution < -0.4 is 10.1 Å². The lowest BCUT2D eigenvalue weighted by molar-refractivity contribution is 0.0542. The predicted molar refractivity (Wildman–Crippen MR) is 100.0 cm³/mol. The Morgan fingerprint density at radius 2 is 1.62 bits per heavy atom. The van der Waals surface area contributed by atoms with Crippen LogP contribution in [-0.2, 0) is 9.47 Å². The van der Waals surface area contributed by atoms with Gasteiger partial charge in [0.15, 0.2) is 0 Å². The maximum Gasteiger partial charge on any atom is 0.419 e. The van der Waals surface area contributed by atoms with Crippen molar-refractivity contribution in [3.05, 3.63) is 24.4 Å². The molecule has 0 saturated heterocycles. The van der Waals surface area contributed by atoms with E-state index in [9.17, 15) is 9.59 Å². The van der Waals surface area contributed by atoms with Crippen molar-refractivity contribution in [1.82, 2.24) is 4.57 Å². The number of aromatic nitrogens is 1. The van der Waals surface area contributed by atoms with Crippen LogP contribution in [0.15, 0.2) is 24.4 Å². The van der Waals surface area contributed by atoms with Crippen molar-refractivity contribution in [2.45, 2.75) is 52.7 Å². The van der Waals surface area contributed by atoms with Crippen LogP contribution in [0.3, 0.4) is 0 Å². The van der Waals surface area contributed by atoms with E-state index in [1.165, 1.54) is 10.8 Å². The zero-order valence-corrected chi connectivity index (χ0v) is 16.3. The van der Waals surface area contributed by atoms with Crippen molar-refractivity contribution in [2.24, 2.45) is 0 Å². The summed E-state index contributed by atoms with van der Waals surface area (Å²) in [5, 5.41) is 3.33. The molecule has 0 aliphatic heterocycles. The first-order valence-electron chi connectivity index (χ1n) is 8.32. The molecule has 142 valence electrons. The Balaban J connectivity index is 2.45. The Kier molecular flexibility index (Phi) is 5.21. The van der Waals surface area contributed by atoms with Crippen molar-refractivity contribution in [2.75, 3.05) is 12.4 Å². The van der Waals surface area contributed by atoms with Crippen LogP contribution in [0.4, 0.5) is 15.3 Å². The van der Waals surface area contributed by atoms with E-state index >= 15 is 0 Å². The van der Waals surface area contributed by atoms with E-state index in [0.29, 0.717) is 22.3 Å². The first kappa shape index (κ1) is 19.6. The standard InChI is InChI=1S/C19H26N2O5/c1-18(2,3)25-16(22)20-14-11-21(17(23)26-19(4,5)6)15-9-8-12(24-7)10-13(14)15/h8-11H,1-7H3,(H,20,22).